The molecule has 1 aromatic heterocycles. The first kappa shape index (κ1) is 10.5. The fraction of sp³-hybridized carbons (Fsp3) is 0.308. The lowest BCUT2D eigenvalue weighted by Gasteiger charge is -2.26. The average Bonchev–Trinajstić information content (AvgIpc) is 2.77. The van der Waals surface area contributed by atoms with Crippen LogP contribution in [-0.2, 0) is 11.3 Å². The van der Waals surface area contributed by atoms with Gasteiger partial charge in [0.25, 0.3) is 0 Å². The number of para-hydroxylation sites is 1. The van der Waals surface area contributed by atoms with Gasteiger partial charge in [0.05, 0.1) is 31.1 Å². The first-order valence-corrected chi connectivity index (χ1v) is 5.82. The number of hydrogen-bond donors (Lipinski definition) is 1. The Hall–Kier alpha value is -1.65. The van der Waals surface area contributed by atoms with Crippen LogP contribution >= 0.6 is 0 Å². The predicted molar refractivity (Wildman–Crippen MR) is 65.0 cm³/mol. The molecule has 1 aromatic carbocycles. The number of nitrogens with one attached hydrogen (secondary N) is 1. The fourth-order valence-corrected chi connectivity index (χ4v) is 1.79. The molecule has 2 heterocycles. The van der Waals surface area contributed by atoms with E-state index in [1.807, 2.05) is 41.2 Å². The van der Waals surface area contributed by atoms with E-state index in [0.717, 1.165) is 25.4 Å². The van der Waals surface area contributed by atoms with Crippen LogP contribution in [0.5, 0.6) is 0 Å². The molecule has 0 aliphatic carbocycles. The van der Waals surface area contributed by atoms with Crippen molar-refractivity contribution < 1.29 is 4.74 Å². The van der Waals surface area contributed by atoms with Crippen LogP contribution in [-0.4, -0.2) is 29.0 Å². The molecular formula is C13H15N3O. The molecule has 0 bridgehead atoms. The van der Waals surface area contributed by atoms with Crippen LogP contribution in [0.25, 0.3) is 5.69 Å². The molecule has 0 radical (unpaired) electrons. The van der Waals surface area contributed by atoms with Gasteiger partial charge in [-0.1, -0.05) is 18.2 Å². The van der Waals surface area contributed by atoms with Crippen LogP contribution in [0.3, 0.4) is 0 Å². The topological polar surface area (TPSA) is 39.1 Å². The second kappa shape index (κ2) is 4.69. The molecule has 3 rings (SSSR count). The van der Waals surface area contributed by atoms with Crippen molar-refractivity contribution in [2.75, 3.05) is 13.2 Å². The van der Waals surface area contributed by atoms with Gasteiger partial charge >= 0.3 is 0 Å². The van der Waals surface area contributed by atoms with Gasteiger partial charge in [-0.3, -0.25) is 0 Å². The molecule has 4 nitrogen and oxygen atoms in total. The maximum Gasteiger partial charge on any atom is 0.0645 e. The lowest BCUT2D eigenvalue weighted by Crippen LogP contribution is -2.45. The van der Waals surface area contributed by atoms with Gasteiger partial charge in [-0.15, -0.1) is 0 Å². The van der Waals surface area contributed by atoms with Gasteiger partial charge in [-0.05, 0) is 12.1 Å². The van der Waals surface area contributed by atoms with Crippen molar-refractivity contribution in [3.63, 3.8) is 0 Å². The van der Waals surface area contributed by atoms with Crippen molar-refractivity contribution in [3.05, 3.63) is 48.3 Å². The minimum absolute atomic E-state index is 0.509. The highest BCUT2D eigenvalue weighted by atomic mass is 16.5. The lowest BCUT2D eigenvalue weighted by atomic mass is 10.2. The average molecular weight is 229 g/mol. The first-order valence-electron chi connectivity index (χ1n) is 5.82. The molecule has 1 N–H and O–H groups in total. The molecule has 0 amide bonds. The number of nitrogens with zero attached hydrogens (tertiary/aromatic N) is 2. The summed E-state index contributed by atoms with van der Waals surface area (Å²) >= 11 is 0. The van der Waals surface area contributed by atoms with Crippen molar-refractivity contribution in [2.45, 2.75) is 12.6 Å². The Morgan fingerprint density at radius 1 is 1.29 bits per heavy atom. The minimum Gasteiger partial charge on any atom is -0.378 e. The molecule has 2 aromatic rings. The Bertz CT molecular complexity index is 476. The van der Waals surface area contributed by atoms with Crippen molar-refractivity contribution in [1.82, 2.24) is 15.1 Å². The second-order valence-electron chi connectivity index (χ2n) is 4.24. The Labute approximate surface area is 100 Å². The predicted octanol–water partition coefficient (Wildman–Crippen LogP) is 1.36. The molecule has 1 saturated heterocycles. The van der Waals surface area contributed by atoms with E-state index in [2.05, 4.69) is 16.6 Å². The Morgan fingerprint density at radius 3 is 2.82 bits per heavy atom. The van der Waals surface area contributed by atoms with Gasteiger partial charge in [0.1, 0.15) is 0 Å². The molecule has 4 heteroatoms. The zero-order valence-corrected chi connectivity index (χ0v) is 9.54. The smallest absolute Gasteiger partial charge is 0.0645 e. The molecule has 0 saturated carbocycles. The molecular weight excluding hydrogens is 214 g/mol. The second-order valence-corrected chi connectivity index (χ2v) is 4.24. The number of aromatic nitrogens is 2. The third kappa shape index (κ3) is 2.38. The summed E-state index contributed by atoms with van der Waals surface area (Å²) < 4.78 is 7.01. The summed E-state index contributed by atoms with van der Waals surface area (Å²) in [4.78, 5) is 0. The Kier molecular flexibility index (Phi) is 2.90. The molecule has 1 aliphatic heterocycles. The first-order chi connectivity index (χ1) is 8.42. The van der Waals surface area contributed by atoms with Gasteiger partial charge in [-0.25, -0.2) is 4.68 Å². The number of ether oxygens (including phenoxy) is 1. The summed E-state index contributed by atoms with van der Waals surface area (Å²) in [5.74, 6) is 0. The van der Waals surface area contributed by atoms with Crippen molar-refractivity contribution in [2.24, 2.45) is 0 Å². The maximum atomic E-state index is 5.11. The quantitative estimate of drug-likeness (QED) is 0.860. The van der Waals surface area contributed by atoms with Crippen molar-refractivity contribution in [1.29, 1.82) is 0 Å². The van der Waals surface area contributed by atoms with Crippen LogP contribution in [0.4, 0.5) is 0 Å². The summed E-state index contributed by atoms with van der Waals surface area (Å²) in [6.07, 6.45) is 3.96. The number of benzene rings is 1. The normalized spacial score (nSPS) is 15.8. The van der Waals surface area contributed by atoms with E-state index < -0.39 is 0 Å². The molecule has 88 valence electrons. The van der Waals surface area contributed by atoms with E-state index in [1.54, 1.807) is 0 Å². The minimum atomic E-state index is 0.509. The van der Waals surface area contributed by atoms with E-state index in [1.165, 1.54) is 5.56 Å². The van der Waals surface area contributed by atoms with E-state index in [0.29, 0.717) is 6.04 Å². The molecule has 1 fully saturated rings. The summed E-state index contributed by atoms with van der Waals surface area (Å²) in [6.45, 7) is 2.50. The van der Waals surface area contributed by atoms with E-state index >= 15 is 0 Å². The highest BCUT2D eigenvalue weighted by Crippen LogP contribution is 2.08. The van der Waals surface area contributed by atoms with Crippen LogP contribution in [0.2, 0.25) is 0 Å². The Morgan fingerprint density at radius 2 is 2.12 bits per heavy atom. The van der Waals surface area contributed by atoms with Crippen molar-refractivity contribution >= 4 is 0 Å². The van der Waals surface area contributed by atoms with E-state index in [9.17, 15) is 0 Å². The van der Waals surface area contributed by atoms with Gasteiger partial charge in [0.15, 0.2) is 0 Å². The number of hydrogen-bond acceptors (Lipinski definition) is 3. The van der Waals surface area contributed by atoms with Gasteiger partial charge in [0.2, 0.25) is 0 Å². The number of rotatable bonds is 4. The van der Waals surface area contributed by atoms with Gasteiger partial charge in [0, 0.05) is 18.3 Å². The molecule has 0 spiro atoms. The Balaban J connectivity index is 1.65. The fourth-order valence-electron chi connectivity index (χ4n) is 1.79. The zero-order valence-electron chi connectivity index (χ0n) is 9.54. The molecule has 0 unspecified atom stereocenters. The zero-order chi connectivity index (χ0) is 11.5. The highest BCUT2D eigenvalue weighted by molar-refractivity contribution is 5.30. The monoisotopic (exact) mass is 229 g/mol. The third-order valence-electron chi connectivity index (χ3n) is 2.89. The summed E-state index contributed by atoms with van der Waals surface area (Å²) in [7, 11) is 0. The van der Waals surface area contributed by atoms with Gasteiger partial charge < -0.3 is 10.1 Å². The SMILES string of the molecule is c1ccc(-n2cc(CNC3COC3)cn2)cc1. The standard InChI is InChI=1S/C13H15N3O/c1-2-4-13(5-3-1)16-8-11(7-15-16)6-14-12-9-17-10-12/h1-5,7-8,12,14H,6,9-10H2. The molecule has 17 heavy (non-hydrogen) atoms. The van der Waals surface area contributed by atoms with Gasteiger partial charge in [-0.2, -0.15) is 5.10 Å². The summed E-state index contributed by atoms with van der Waals surface area (Å²) in [5.41, 5.74) is 2.28. The highest BCUT2D eigenvalue weighted by Gasteiger charge is 2.17. The lowest BCUT2D eigenvalue weighted by molar-refractivity contribution is -0.00578. The van der Waals surface area contributed by atoms with E-state index in [4.69, 9.17) is 4.74 Å². The third-order valence-corrected chi connectivity index (χ3v) is 2.89. The van der Waals surface area contributed by atoms with Crippen LogP contribution < -0.4 is 5.32 Å². The van der Waals surface area contributed by atoms with Crippen LogP contribution in [0.1, 0.15) is 5.56 Å². The summed E-state index contributed by atoms with van der Waals surface area (Å²) in [6, 6.07) is 10.6. The summed E-state index contributed by atoms with van der Waals surface area (Å²) in [5, 5.41) is 7.78. The molecule has 1 aliphatic rings. The maximum absolute atomic E-state index is 5.11. The van der Waals surface area contributed by atoms with Crippen molar-refractivity contribution in [3.8, 4) is 5.69 Å². The van der Waals surface area contributed by atoms with Crippen LogP contribution in [0, 0.1) is 0 Å². The molecule has 0 atom stereocenters. The largest absolute Gasteiger partial charge is 0.378 e. The van der Waals surface area contributed by atoms with Crippen LogP contribution in [0.15, 0.2) is 42.7 Å². The van der Waals surface area contributed by atoms with E-state index in [-0.39, 0.29) is 0 Å².